The van der Waals surface area contributed by atoms with Crippen molar-refractivity contribution in [2.24, 2.45) is 0 Å². The topological polar surface area (TPSA) is 64.4 Å². The Kier molecular flexibility index (Phi) is 3.56. The first-order valence-corrected chi connectivity index (χ1v) is 7.13. The van der Waals surface area contributed by atoms with Crippen LogP contribution in [0.5, 0.6) is 0 Å². The van der Waals surface area contributed by atoms with E-state index in [1.54, 1.807) is 17.9 Å². The molecule has 1 saturated carbocycles. The third-order valence-corrected chi connectivity index (χ3v) is 3.89. The van der Waals surface area contributed by atoms with Gasteiger partial charge < -0.3 is 9.64 Å². The quantitative estimate of drug-likeness (QED) is 0.809. The third kappa shape index (κ3) is 2.60. The average molecular weight is 277 g/mol. The number of carbonyl (C=O) groups is 1. The van der Waals surface area contributed by atoms with Gasteiger partial charge in [0, 0.05) is 25.1 Å². The lowest BCUT2D eigenvalue weighted by molar-refractivity contribution is -0.138. The second-order valence-corrected chi connectivity index (χ2v) is 5.43. The van der Waals surface area contributed by atoms with Crippen LogP contribution in [0.1, 0.15) is 37.4 Å². The fraction of sp³-hybridized carbons (Fsp3) is 0.643. The summed E-state index contributed by atoms with van der Waals surface area (Å²) in [7, 11) is 0. The molecular weight excluding hydrogens is 258 g/mol. The molecule has 108 valence electrons. The van der Waals surface area contributed by atoms with E-state index >= 15 is 0 Å². The number of morpholine rings is 1. The summed E-state index contributed by atoms with van der Waals surface area (Å²) in [4.78, 5) is 26.1. The normalized spacial score (nSPS) is 20.8. The van der Waals surface area contributed by atoms with Gasteiger partial charge in [0.05, 0.1) is 18.9 Å². The summed E-state index contributed by atoms with van der Waals surface area (Å²) >= 11 is 0. The highest BCUT2D eigenvalue weighted by Gasteiger charge is 2.28. The van der Waals surface area contributed by atoms with Crippen molar-refractivity contribution >= 4 is 5.91 Å². The molecule has 1 atom stereocenters. The highest BCUT2D eigenvalue weighted by atomic mass is 16.5. The molecule has 2 fully saturated rings. The third-order valence-electron chi connectivity index (χ3n) is 3.89. The van der Waals surface area contributed by atoms with Crippen LogP contribution in [0.4, 0.5) is 0 Å². The van der Waals surface area contributed by atoms with Gasteiger partial charge in [0.2, 0.25) is 5.91 Å². The Labute approximate surface area is 117 Å². The molecule has 20 heavy (non-hydrogen) atoms. The maximum absolute atomic E-state index is 12.4. The molecule has 1 aromatic rings. The first-order chi connectivity index (χ1) is 9.66. The minimum absolute atomic E-state index is 0.0594. The Hall–Kier alpha value is -1.69. The van der Waals surface area contributed by atoms with Crippen molar-refractivity contribution in [3.8, 4) is 0 Å². The van der Waals surface area contributed by atoms with Crippen molar-refractivity contribution < 1.29 is 9.53 Å². The van der Waals surface area contributed by atoms with E-state index < -0.39 is 6.04 Å². The van der Waals surface area contributed by atoms with E-state index in [1.165, 1.54) is 10.7 Å². The van der Waals surface area contributed by atoms with Crippen LogP contribution in [0.3, 0.4) is 0 Å². The Balaban J connectivity index is 1.81. The lowest BCUT2D eigenvalue weighted by Gasteiger charge is -2.29. The molecule has 1 aliphatic carbocycles. The summed E-state index contributed by atoms with van der Waals surface area (Å²) < 4.78 is 6.56. The molecule has 0 aromatic carbocycles. The van der Waals surface area contributed by atoms with Crippen LogP contribution in [0.2, 0.25) is 0 Å². The molecular formula is C14H19N3O3. The van der Waals surface area contributed by atoms with Gasteiger partial charge in [-0.25, -0.2) is 4.68 Å². The highest BCUT2D eigenvalue weighted by molar-refractivity contribution is 5.80. The number of amides is 1. The fourth-order valence-electron chi connectivity index (χ4n) is 2.47. The van der Waals surface area contributed by atoms with E-state index in [-0.39, 0.29) is 11.5 Å². The minimum Gasteiger partial charge on any atom is -0.378 e. The number of rotatable bonds is 3. The molecule has 0 spiro atoms. The predicted octanol–water partition coefficient (Wildman–Crippen LogP) is 0.540. The van der Waals surface area contributed by atoms with Gasteiger partial charge in [-0.05, 0) is 25.8 Å². The van der Waals surface area contributed by atoms with Gasteiger partial charge in [-0.15, -0.1) is 0 Å². The molecule has 1 saturated heterocycles. The largest absolute Gasteiger partial charge is 0.378 e. The van der Waals surface area contributed by atoms with Gasteiger partial charge >= 0.3 is 0 Å². The first kappa shape index (κ1) is 13.3. The summed E-state index contributed by atoms with van der Waals surface area (Å²) in [6.45, 7) is 4.02. The number of hydrogen-bond donors (Lipinski definition) is 0. The van der Waals surface area contributed by atoms with Gasteiger partial charge in [0.1, 0.15) is 6.04 Å². The van der Waals surface area contributed by atoms with Crippen LogP contribution < -0.4 is 5.56 Å². The van der Waals surface area contributed by atoms with Crippen LogP contribution >= 0.6 is 0 Å². The van der Waals surface area contributed by atoms with Crippen molar-refractivity contribution in [3.63, 3.8) is 0 Å². The van der Waals surface area contributed by atoms with E-state index in [4.69, 9.17) is 4.74 Å². The van der Waals surface area contributed by atoms with Crippen LogP contribution in [-0.2, 0) is 9.53 Å². The van der Waals surface area contributed by atoms with Gasteiger partial charge in [-0.2, -0.15) is 5.10 Å². The Bertz CT molecular complexity index is 559. The Morgan fingerprint density at radius 1 is 1.35 bits per heavy atom. The van der Waals surface area contributed by atoms with E-state index in [1.807, 2.05) is 0 Å². The summed E-state index contributed by atoms with van der Waals surface area (Å²) in [5, 5.41) is 4.38. The zero-order chi connectivity index (χ0) is 14.1. The highest BCUT2D eigenvalue weighted by Crippen LogP contribution is 2.38. The lowest BCUT2D eigenvalue weighted by atomic mass is 10.2. The standard InChI is InChI=1S/C14H19N3O3/c1-10(14(19)16-6-8-20-9-7-16)17-13(18)5-4-12(15-17)11-2-3-11/h4-5,10-11H,2-3,6-9H2,1H3/t10-/m0/s1. The Morgan fingerprint density at radius 3 is 2.70 bits per heavy atom. The molecule has 0 N–H and O–H groups in total. The average Bonchev–Trinajstić information content (AvgIpc) is 3.32. The number of carbonyl (C=O) groups excluding carboxylic acids is 1. The molecule has 3 rings (SSSR count). The molecule has 1 aliphatic heterocycles. The summed E-state index contributed by atoms with van der Waals surface area (Å²) in [5.74, 6) is 0.406. The number of aromatic nitrogens is 2. The SMILES string of the molecule is C[C@@H](C(=O)N1CCOCC1)n1nc(C2CC2)ccc1=O. The van der Waals surface area contributed by atoms with Crippen molar-refractivity contribution in [1.82, 2.24) is 14.7 Å². The van der Waals surface area contributed by atoms with E-state index in [0.29, 0.717) is 32.2 Å². The monoisotopic (exact) mass is 277 g/mol. The van der Waals surface area contributed by atoms with Crippen molar-refractivity contribution in [2.45, 2.75) is 31.7 Å². The van der Waals surface area contributed by atoms with E-state index in [2.05, 4.69) is 5.10 Å². The second kappa shape index (κ2) is 5.36. The minimum atomic E-state index is -0.556. The maximum Gasteiger partial charge on any atom is 0.267 e. The number of nitrogens with zero attached hydrogens (tertiary/aromatic N) is 3. The van der Waals surface area contributed by atoms with Gasteiger partial charge in [0.25, 0.3) is 5.56 Å². The lowest BCUT2D eigenvalue weighted by Crippen LogP contribution is -2.45. The summed E-state index contributed by atoms with van der Waals surface area (Å²) in [5.41, 5.74) is 0.703. The molecule has 1 aromatic heterocycles. The van der Waals surface area contributed by atoms with Crippen LogP contribution in [0.25, 0.3) is 0 Å². The smallest absolute Gasteiger partial charge is 0.267 e. The second-order valence-electron chi connectivity index (χ2n) is 5.43. The molecule has 0 bridgehead atoms. The molecule has 2 aliphatic rings. The summed E-state index contributed by atoms with van der Waals surface area (Å²) in [6, 6.07) is 2.74. The maximum atomic E-state index is 12.4. The van der Waals surface area contributed by atoms with Crippen molar-refractivity contribution in [3.05, 3.63) is 28.2 Å². The number of ether oxygens (including phenoxy) is 1. The molecule has 6 heteroatoms. The van der Waals surface area contributed by atoms with Gasteiger partial charge in [-0.3, -0.25) is 9.59 Å². The molecule has 2 heterocycles. The zero-order valence-corrected chi connectivity index (χ0v) is 11.6. The van der Waals surface area contributed by atoms with Gasteiger partial charge in [-0.1, -0.05) is 0 Å². The molecule has 0 unspecified atom stereocenters. The molecule has 0 radical (unpaired) electrons. The number of hydrogen-bond acceptors (Lipinski definition) is 4. The van der Waals surface area contributed by atoms with Crippen LogP contribution in [0, 0.1) is 0 Å². The van der Waals surface area contributed by atoms with Crippen molar-refractivity contribution in [1.29, 1.82) is 0 Å². The van der Waals surface area contributed by atoms with Crippen molar-refractivity contribution in [2.75, 3.05) is 26.3 Å². The fourth-order valence-corrected chi connectivity index (χ4v) is 2.47. The molecule has 6 nitrogen and oxygen atoms in total. The summed E-state index contributed by atoms with van der Waals surface area (Å²) in [6.07, 6.45) is 2.24. The zero-order valence-electron chi connectivity index (χ0n) is 11.6. The van der Waals surface area contributed by atoms with Gasteiger partial charge in [0.15, 0.2) is 0 Å². The molecule has 1 amide bonds. The predicted molar refractivity (Wildman–Crippen MR) is 72.6 cm³/mol. The van der Waals surface area contributed by atoms with E-state index in [9.17, 15) is 9.59 Å². The first-order valence-electron chi connectivity index (χ1n) is 7.13. The van der Waals surface area contributed by atoms with Crippen LogP contribution in [-0.4, -0.2) is 46.9 Å². The van der Waals surface area contributed by atoms with Crippen LogP contribution in [0.15, 0.2) is 16.9 Å². The van der Waals surface area contributed by atoms with E-state index in [0.717, 1.165) is 18.5 Å². The Morgan fingerprint density at radius 2 is 2.05 bits per heavy atom.